The number of carbonyl (C=O) groups is 1. The first kappa shape index (κ1) is 14.5. The van der Waals surface area contributed by atoms with Crippen LogP contribution in [0.5, 0.6) is 0 Å². The largest absolute Gasteiger partial charge is 0.356 e. The number of hydrogen-bond acceptors (Lipinski definition) is 3. The van der Waals surface area contributed by atoms with Gasteiger partial charge in [-0.15, -0.1) is 0 Å². The van der Waals surface area contributed by atoms with Gasteiger partial charge in [0.1, 0.15) is 0 Å². The Balaban J connectivity index is 1.65. The molecule has 5 nitrogen and oxygen atoms in total. The van der Waals surface area contributed by atoms with Gasteiger partial charge in [-0.05, 0) is 23.8 Å². The average Bonchev–Trinajstić information content (AvgIpc) is 2.81. The molecule has 1 aromatic carbocycles. The quantitative estimate of drug-likeness (QED) is 0.910. The van der Waals surface area contributed by atoms with Gasteiger partial charge in [0.25, 0.3) is 0 Å². The zero-order valence-corrected chi connectivity index (χ0v) is 12.7. The summed E-state index contributed by atoms with van der Waals surface area (Å²) in [4.78, 5) is 11.4. The first-order chi connectivity index (χ1) is 9.99. The minimum absolute atomic E-state index is 0.0180. The van der Waals surface area contributed by atoms with Crippen LogP contribution in [0.15, 0.2) is 30.3 Å². The van der Waals surface area contributed by atoms with Crippen molar-refractivity contribution in [2.75, 3.05) is 19.6 Å². The van der Waals surface area contributed by atoms with E-state index in [0.29, 0.717) is 26.1 Å². The van der Waals surface area contributed by atoms with Crippen LogP contribution in [0.2, 0.25) is 0 Å². The zero-order chi connectivity index (χ0) is 14.9. The first-order valence-corrected chi connectivity index (χ1v) is 8.89. The Morgan fingerprint density at radius 3 is 2.38 bits per heavy atom. The van der Waals surface area contributed by atoms with Crippen molar-refractivity contribution < 1.29 is 13.2 Å². The van der Waals surface area contributed by atoms with Gasteiger partial charge in [-0.1, -0.05) is 30.3 Å². The highest BCUT2D eigenvalue weighted by Gasteiger charge is 2.42. The molecule has 0 bridgehead atoms. The van der Waals surface area contributed by atoms with Crippen LogP contribution in [-0.4, -0.2) is 38.3 Å². The third-order valence-corrected chi connectivity index (χ3v) is 6.41. The van der Waals surface area contributed by atoms with E-state index in [2.05, 4.69) is 5.32 Å². The van der Waals surface area contributed by atoms with Gasteiger partial charge in [0.15, 0.2) is 0 Å². The Hall–Kier alpha value is -1.40. The summed E-state index contributed by atoms with van der Waals surface area (Å²) in [6.45, 7) is 1.73. The number of benzene rings is 1. The topological polar surface area (TPSA) is 66.5 Å². The van der Waals surface area contributed by atoms with Crippen LogP contribution < -0.4 is 5.32 Å². The van der Waals surface area contributed by atoms with E-state index >= 15 is 0 Å². The van der Waals surface area contributed by atoms with Crippen molar-refractivity contribution in [3.8, 4) is 0 Å². The van der Waals surface area contributed by atoms with Crippen molar-refractivity contribution in [2.45, 2.75) is 25.0 Å². The molecule has 0 aromatic heterocycles. The fourth-order valence-corrected chi connectivity index (χ4v) is 4.76. The molecule has 114 valence electrons. The Morgan fingerprint density at radius 1 is 1.14 bits per heavy atom. The van der Waals surface area contributed by atoms with Crippen LogP contribution in [0.1, 0.15) is 24.8 Å². The van der Waals surface area contributed by atoms with E-state index in [1.54, 1.807) is 4.31 Å². The first-order valence-electron chi connectivity index (χ1n) is 7.28. The molecule has 2 fully saturated rings. The molecule has 2 heterocycles. The summed E-state index contributed by atoms with van der Waals surface area (Å²) in [5.41, 5.74) is 0.797. The summed E-state index contributed by atoms with van der Waals surface area (Å²) in [7, 11) is -3.27. The van der Waals surface area contributed by atoms with Crippen LogP contribution in [-0.2, 0) is 20.6 Å². The second kappa shape index (κ2) is 5.42. The van der Waals surface area contributed by atoms with E-state index in [-0.39, 0.29) is 17.1 Å². The molecule has 21 heavy (non-hydrogen) atoms. The molecule has 0 atom stereocenters. The van der Waals surface area contributed by atoms with Gasteiger partial charge in [-0.3, -0.25) is 4.79 Å². The zero-order valence-electron chi connectivity index (χ0n) is 11.9. The molecule has 1 spiro atoms. The van der Waals surface area contributed by atoms with Crippen molar-refractivity contribution in [1.29, 1.82) is 0 Å². The van der Waals surface area contributed by atoms with E-state index in [1.165, 1.54) is 0 Å². The van der Waals surface area contributed by atoms with Crippen molar-refractivity contribution in [3.63, 3.8) is 0 Å². The van der Waals surface area contributed by atoms with Crippen LogP contribution in [0.3, 0.4) is 0 Å². The maximum absolute atomic E-state index is 12.5. The van der Waals surface area contributed by atoms with Gasteiger partial charge in [-0.2, -0.15) is 0 Å². The molecule has 0 aliphatic carbocycles. The molecule has 1 N–H and O–H groups in total. The highest BCUT2D eigenvalue weighted by molar-refractivity contribution is 7.88. The predicted molar refractivity (Wildman–Crippen MR) is 79.9 cm³/mol. The van der Waals surface area contributed by atoms with Gasteiger partial charge in [-0.25, -0.2) is 12.7 Å². The molecule has 3 rings (SSSR count). The number of nitrogens with zero attached hydrogens (tertiary/aromatic N) is 1. The van der Waals surface area contributed by atoms with E-state index in [4.69, 9.17) is 0 Å². The number of rotatable bonds is 3. The van der Waals surface area contributed by atoms with E-state index in [9.17, 15) is 13.2 Å². The van der Waals surface area contributed by atoms with Gasteiger partial charge in [0, 0.05) is 26.1 Å². The summed E-state index contributed by atoms with van der Waals surface area (Å²) >= 11 is 0. The molecule has 2 aliphatic rings. The second-order valence-electron chi connectivity index (χ2n) is 6.09. The van der Waals surface area contributed by atoms with E-state index in [0.717, 1.165) is 18.4 Å². The molecule has 0 radical (unpaired) electrons. The molecule has 1 aromatic rings. The lowest BCUT2D eigenvalue weighted by molar-refractivity contribution is -0.119. The third kappa shape index (κ3) is 3.11. The molecule has 2 aliphatic heterocycles. The Labute approximate surface area is 125 Å². The molecule has 1 amide bonds. The van der Waals surface area contributed by atoms with E-state index in [1.807, 2.05) is 30.3 Å². The highest BCUT2D eigenvalue weighted by Crippen LogP contribution is 2.38. The van der Waals surface area contributed by atoms with Gasteiger partial charge < -0.3 is 5.32 Å². The SMILES string of the molecule is O=C1CC2(CCN(S(=O)(=O)Cc3ccccc3)CC2)CN1. The summed E-state index contributed by atoms with van der Waals surface area (Å²) in [5, 5.41) is 2.87. The van der Waals surface area contributed by atoms with Gasteiger partial charge >= 0.3 is 0 Å². The summed E-state index contributed by atoms with van der Waals surface area (Å²) in [6.07, 6.45) is 2.07. The normalized spacial score (nSPS) is 22.4. The summed E-state index contributed by atoms with van der Waals surface area (Å²) in [6, 6.07) is 9.26. The van der Waals surface area contributed by atoms with Crippen molar-refractivity contribution in [3.05, 3.63) is 35.9 Å². The summed E-state index contributed by atoms with van der Waals surface area (Å²) < 4.78 is 26.5. The molecular formula is C15H20N2O3S. The van der Waals surface area contributed by atoms with Crippen molar-refractivity contribution in [1.82, 2.24) is 9.62 Å². The van der Waals surface area contributed by atoms with Crippen LogP contribution >= 0.6 is 0 Å². The minimum atomic E-state index is -3.27. The van der Waals surface area contributed by atoms with Gasteiger partial charge in [0.2, 0.25) is 15.9 Å². The minimum Gasteiger partial charge on any atom is -0.356 e. The number of carbonyl (C=O) groups excluding carboxylic acids is 1. The smallest absolute Gasteiger partial charge is 0.220 e. The average molecular weight is 308 g/mol. The van der Waals surface area contributed by atoms with E-state index < -0.39 is 10.0 Å². The van der Waals surface area contributed by atoms with Crippen molar-refractivity contribution >= 4 is 15.9 Å². The van der Waals surface area contributed by atoms with Gasteiger partial charge in [0.05, 0.1) is 5.75 Å². The van der Waals surface area contributed by atoms with Crippen LogP contribution in [0.25, 0.3) is 0 Å². The fraction of sp³-hybridized carbons (Fsp3) is 0.533. The second-order valence-corrected chi connectivity index (χ2v) is 8.06. The van der Waals surface area contributed by atoms with Crippen molar-refractivity contribution in [2.24, 2.45) is 5.41 Å². The summed E-state index contributed by atoms with van der Waals surface area (Å²) in [5.74, 6) is 0.147. The molecular weight excluding hydrogens is 288 g/mol. The Bertz CT molecular complexity index is 620. The van der Waals surface area contributed by atoms with Crippen LogP contribution in [0.4, 0.5) is 0 Å². The Morgan fingerprint density at radius 2 is 1.81 bits per heavy atom. The monoisotopic (exact) mass is 308 g/mol. The number of piperidine rings is 1. The standard InChI is InChI=1S/C15H20N2O3S/c18-14-10-15(12-16-14)6-8-17(9-7-15)21(19,20)11-13-4-2-1-3-5-13/h1-5H,6-12H2,(H,16,18). The molecule has 2 saturated heterocycles. The number of amides is 1. The number of hydrogen-bond donors (Lipinski definition) is 1. The maximum Gasteiger partial charge on any atom is 0.220 e. The molecule has 0 unspecified atom stereocenters. The maximum atomic E-state index is 12.5. The van der Waals surface area contributed by atoms with Crippen LogP contribution in [0, 0.1) is 5.41 Å². The molecule has 6 heteroatoms. The highest BCUT2D eigenvalue weighted by atomic mass is 32.2. The fourth-order valence-electron chi connectivity index (χ4n) is 3.22. The molecule has 0 saturated carbocycles. The number of sulfonamides is 1. The number of nitrogens with one attached hydrogen (secondary N) is 1. The lowest BCUT2D eigenvalue weighted by Crippen LogP contribution is -2.44. The predicted octanol–water partition coefficient (Wildman–Crippen LogP) is 1.12. The lowest BCUT2D eigenvalue weighted by Gasteiger charge is -2.37. The third-order valence-electron chi connectivity index (χ3n) is 4.56. The lowest BCUT2D eigenvalue weighted by atomic mass is 9.78. The Kier molecular flexibility index (Phi) is 3.75.